The number of nitrogen functional groups attached to an aromatic ring is 1. The molecule has 37 heavy (non-hydrogen) atoms. The first kappa shape index (κ1) is 26.8. The topological polar surface area (TPSA) is 151 Å². The summed E-state index contributed by atoms with van der Waals surface area (Å²) in [5, 5.41) is 0. The molecule has 2 N–H and O–H groups in total. The number of Topliss-reactive ketones (excluding diaryl/α,β-unsaturated/α-hetero) is 1. The summed E-state index contributed by atoms with van der Waals surface area (Å²) in [5.41, 5.74) is 3.60. The van der Waals surface area contributed by atoms with Gasteiger partial charge < -0.3 is 10.5 Å². The molecule has 200 valence electrons. The van der Waals surface area contributed by atoms with Crippen molar-refractivity contribution in [3.05, 3.63) is 56.2 Å². The fourth-order valence-electron chi connectivity index (χ4n) is 6.02. The second-order valence-corrected chi connectivity index (χ2v) is 13.1. The number of rotatable bonds is 6. The maximum atomic E-state index is 13.6. The predicted octanol–water partition coefficient (Wildman–Crippen LogP) is 1.30. The number of nitrogens with zero attached hydrogens (tertiary/aromatic N) is 3. The number of anilines is 1. The van der Waals surface area contributed by atoms with Crippen molar-refractivity contribution in [2.24, 2.45) is 24.9 Å². The van der Waals surface area contributed by atoms with E-state index in [-0.39, 0.29) is 33.1 Å². The lowest BCUT2D eigenvalue weighted by Crippen LogP contribution is -2.42. The Kier molecular flexibility index (Phi) is 6.48. The number of fused-ring (bicyclic) bond motifs is 2. The maximum Gasteiger partial charge on any atom is 0.338 e. The number of ether oxygens (including phenoxy) is 1. The minimum Gasteiger partial charge on any atom is -0.454 e. The molecular weight excluding hydrogens is 500 g/mol. The van der Waals surface area contributed by atoms with Crippen LogP contribution in [-0.2, 0) is 28.9 Å². The number of benzene rings is 1. The molecule has 1 aromatic heterocycles. The van der Waals surface area contributed by atoms with Gasteiger partial charge >= 0.3 is 11.7 Å². The zero-order valence-electron chi connectivity index (χ0n) is 21.6. The summed E-state index contributed by atoms with van der Waals surface area (Å²) < 4.78 is 35.4. The highest BCUT2D eigenvalue weighted by Crippen LogP contribution is 2.53. The van der Waals surface area contributed by atoms with Crippen molar-refractivity contribution in [2.45, 2.75) is 51.0 Å². The van der Waals surface area contributed by atoms with Crippen LogP contribution in [0.2, 0.25) is 0 Å². The quantitative estimate of drug-likeness (QED) is 0.432. The van der Waals surface area contributed by atoms with Gasteiger partial charge in [-0.25, -0.2) is 18.0 Å². The fourth-order valence-corrected chi connectivity index (χ4v) is 7.84. The largest absolute Gasteiger partial charge is 0.454 e. The van der Waals surface area contributed by atoms with Crippen molar-refractivity contribution in [2.75, 3.05) is 18.9 Å². The zero-order valence-corrected chi connectivity index (χ0v) is 22.4. The number of hydrogen-bond acceptors (Lipinski definition) is 8. The van der Waals surface area contributed by atoms with Crippen LogP contribution in [0.25, 0.3) is 0 Å². The van der Waals surface area contributed by atoms with E-state index in [1.54, 1.807) is 4.31 Å². The molecule has 1 saturated heterocycles. The molecule has 1 aliphatic carbocycles. The van der Waals surface area contributed by atoms with Gasteiger partial charge in [0, 0.05) is 26.7 Å². The molecule has 2 fully saturated rings. The molecule has 2 bridgehead atoms. The van der Waals surface area contributed by atoms with E-state index in [4.69, 9.17) is 10.5 Å². The number of carbonyl (C=O) groups excluding carboxylic acids is 2. The Bertz CT molecular complexity index is 1520. The lowest BCUT2D eigenvalue weighted by molar-refractivity contribution is 0.0474. The minimum atomic E-state index is -3.87. The van der Waals surface area contributed by atoms with Gasteiger partial charge in [0.1, 0.15) is 11.4 Å². The monoisotopic (exact) mass is 532 g/mol. The van der Waals surface area contributed by atoms with Crippen LogP contribution in [0.15, 0.2) is 38.8 Å². The van der Waals surface area contributed by atoms with Gasteiger partial charge in [-0.2, -0.15) is 4.31 Å². The van der Waals surface area contributed by atoms with E-state index in [2.05, 4.69) is 20.8 Å². The molecule has 1 saturated carbocycles. The smallest absolute Gasteiger partial charge is 0.338 e. The van der Waals surface area contributed by atoms with Crippen molar-refractivity contribution in [1.29, 1.82) is 0 Å². The van der Waals surface area contributed by atoms with E-state index in [1.165, 1.54) is 38.4 Å². The Balaban J connectivity index is 1.53. The molecule has 1 aliphatic heterocycles. The molecular formula is C25H32N4O7S. The second-order valence-electron chi connectivity index (χ2n) is 11.3. The van der Waals surface area contributed by atoms with E-state index in [9.17, 15) is 27.6 Å². The molecule has 2 aliphatic rings. The first-order valence-electron chi connectivity index (χ1n) is 11.9. The summed E-state index contributed by atoms with van der Waals surface area (Å²) >= 11 is 0. The van der Waals surface area contributed by atoms with E-state index in [0.717, 1.165) is 28.4 Å². The third-order valence-corrected chi connectivity index (χ3v) is 9.26. The lowest BCUT2D eigenvalue weighted by Gasteiger charge is -2.39. The van der Waals surface area contributed by atoms with Crippen LogP contribution in [0.5, 0.6) is 0 Å². The third-order valence-electron chi connectivity index (χ3n) is 7.37. The number of aromatic nitrogens is 2. The van der Waals surface area contributed by atoms with Gasteiger partial charge in [0.05, 0.1) is 10.5 Å². The van der Waals surface area contributed by atoms with Crippen molar-refractivity contribution in [3.8, 4) is 0 Å². The number of carbonyl (C=O) groups is 2. The van der Waals surface area contributed by atoms with Crippen LogP contribution in [0.3, 0.4) is 0 Å². The molecule has 12 heteroatoms. The molecule has 0 spiro atoms. The molecule has 0 radical (unpaired) electrons. The van der Waals surface area contributed by atoms with Gasteiger partial charge in [-0.1, -0.05) is 26.8 Å². The Morgan fingerprint density at radius 2 is 1.78 bits per heavy atom. The summed E-state index contributed by atoms with van der Waals surface area (Å²) in [6.45, 7) is 6.04. The summed E-state index contributed by atoms with van der Waals surface area (Å²) in [7, 11) is -1.36. The van der Waals surface area contributed by atoms with Crippen molar-refractivity contribution in [1.82, 2.24) is 13.4 Å². The van der Waals surface area contributed by atoms with Crippen LogP contribution in [0, 0.1) is 10.8 Å². The summed E-state index contributed by atoms with van der Waals surface area (Å²) in [5.74, 6) is -2.15. The molecule has 2 heterocycles. The Morgan fingerprint density at radius 1 is 1.11 bits per heavy atom. The number of ketones is 1. The van der Waals surface area contributed by atoms with Crippen LogP contribution < -0.4 is 17.0 Å². The van der Waals surface area contributed by atoms with Crippen LogP contribution in [0.1, 0.15) is 60.7 Å². The molecule has 2 atom stereocenters. The van der Waals surface area contributed by atoms with Gasteiger partial charge in [0.15, 0.2) is 6.61 Å². The van der Waals surface area contributed by atoms with Crippen LogP contribution >= 0.6 is 0 Å². The first-order valence-corrected chi connectivity index (χ1v) is 13.4. The fraction of sp³-hybridized carbons (Fsp3) is 0.520. The third kappa shape index (κ3) is 4.75. The summed E-state index contributed by atoms with van der Waals surface area (Å²) in [4.78, 5) is 49.6. The average molecular weight is 533 g/mol. The van der Waals surface area contributed by atoms with Crippen LogP contribution in [0.4, 0.5) is 5.82 Å². The highest BCUT2D eigenvalue weighted by Gasteiger charge is 2.53. The van der Waals surface area contributed by atoms with Gasteiger partial charge in [0.2, 0.25) is 15.8 Å². The SMILES string of the molecule is Cn1c(N)c(C(=O)COC(=O)c2cccc(S(=O)(=O)N3C[C@]4(C)C[C@@H]3CC(C)(C)C4)c2)c(=O)n(C)c1=O. The Labute approximate surface area is 214 Å². The molecule has 0 unspecified atom stereocenters. The second kappa shape index (κ2) is 8.95. The molecule has 1 aromatic carbocycles. The van der Waals surface area contributed by atoms with Crippen LogP contribution in [-0.4, -0.2) is 52.8 Å². The van der Waals surface area contributed by atoms with Gasteiger partial charge in [-0.15, -0.1) is 0 Å². The maximum absolute atomic E-state index is 13.6. The van der Waals surface area contributed by atoms with Crippen molar-refractivity contribution in [3.63, 3.8) is 0 Å². The number of esters is 1. The van der Waals surface area contributed by atoms with E-state index < -0.39 is 45.2 Å². The van der Waals surface area contributed by atoms with E-state index >= 15 is 0 Å². The zero-order chi connectivity index (χ0) is 27.5. The van der Waals surface area contributed by atoms with Crippen molar-refractivity contribution < 1.29 is 22.7 Å². The van der Waals surface area contributed by atoms with Gasteiger partial charge in [-0.3, -0.25) is 18.7 Å². The van der Waals surface area contributed by atoms with E-state index in [0.29, 0.717) is 6.54 Å². The summed E-state index contributed by atoms with van der Waals surface area (Å²) in [6.07, 6.45) is 2.50. The molecule has 0 amide bonds. The first-order chi connectivity index (χ1) is 17.1. The highest BCUT2D eigenvalue weighted by molar-refractivity contribution is 7.89. The van der Waals surface area contributed by atoms with Crippen molar-refractivity contribution >= 4 is 27.6 Å². The number of nitrogens with two attached hydrogens (primary N) is 1. The Hall–Kier alpha value is -3.25. The van der Waals surface area contributed by atoms with E-state index in [1.807, 2.05) is 0 Å². The predicted molar refractivity (Wildman–Crippen MR) is 136 cm³/mol. The van der Waals surface area contributed by atoms with Gasteiger partial charge in [-0.05, 0) is 48.3 Å². The summed E-state index contributed by atoms with van der Waals surface area (Å²) in [6, 6.07) is 5.39. The highest BCUT2D eigenvalue weighted by atomic mass is 32.2. The standard InChI is InChI=1S/C25H32N4O7S/c1-24(2)10-16-11-25(3,13-24)14-29(16)37(34,35)17-8-6-7-15(9-17)22(32)36-12-18(30)19-20(26)27(4)23(33)28(5)21(19)31/h6-9,16H,10-14,26H2,1-5H3/t16-,25+/m0/s1. The molecule has 11 nitrogen and oxygen atoms in total. The number of hydrogen-bond donors (Lipinski definition) is 1. The molecule has 4 rings (SSSR count). The van der Waals surface area contributed by atoms with Gasteiger partial charge in [0.25, 0.3) is 5.56 Å². The number of sulfonamides is 1. The normalized spacial score (nSPS) is 23.1. The minimum absolute atomic E-state index is 0.0293. The lowest BCUT2D eigenvalue weighted by atomic mass is 9.65. The Morgan fingerprint density at radius 3 is 2.46 bits per heavy atom. The average Bonchev–Trinajstić information content (AvgIpc) is 3.09. The molecule has 2 aromatic rings.